The minimum Gasteiger partial charge on any atom is -0.379 e. The molecule has 0 unspecified atom stereocenters. The van der Waals surface area contributed by atoms with Crippen LogP contribution in [-0.2, 0) is 6.54 Å². The lowest BCUT2D eigenvalue weighted by molar-refractivity contribution is 0.445. The van der Waals surface area contributed by atoms with Crippen LogP contribution < -0.4 is 5.32 Å². The summed E-state index contributed by atoms with van der Waals surface area (Å²) in [6, 6.07) is 4.04. The van der Waals surface area contributed by atoms with Crippen molar-refractivity contribution >= 4 is 33.2 Å². The Morgan fingerprint density at radius 3 is 2.15 bits per heavy atom. The lowest BCUT2D eigenvalue weighted by Crippen LogP contribution is -2.03. The lowest BCUT2D eigenvalue weighted by atomic mass is 10.2. The van der Waals surface area contributed by atoms with Gasteiger partial charge in [0.1, 0.15) is 5.82 Å². The van der Waals surface area contributed by atoms with Gasteiger partial charge in [0.2, 0.25) is 0 Å². The molecule has 106 valence electrons. The van der Waals surface area contributed by atoms with Crippen molar-refractivity contribution in [1.29, 1.82) is 0 Å². The van der Waals surface area contributed by atoms with Gasteiger partial charge in [0.15, 0.2) is 17.5 Å². The molecule has 1 nitrogen and oxygen atoms in total. The molecule has 2 aromatic rings. The molecule has 0 aliphatic heterocycles. The largest absolute Gasteiger partial charge is 0.379 e. The van der Waals surface area contributed by atoms with Crippen molar-refractivity contribution in [2.24, 2.45) is 0 Å². The fourth-order valence-electron chi connectivity index (χ4n) is 1.61. The average molecular weight is 369 g/mol. The molecule has 0 spiro atoms. The van der Waals surface area contributed by atoms with Gasteiger partial charge in [0.25, 0.3) is 0 Å². The highest BCUT2D eigenvalue weighted by Crippen LogP contribution is 2.32. The Morgan fingerprint density at radius 1 is 1.00 bits per heavy atom. The van der Waals surface area contributed by atoms with Gasteiger partial charge in [-0.15, -0.1) is 0 Å². The van der Waals surface area contributed by atoms with E-state index in [0.29, 0.717) is 10.2 Å². The summed E-state index contributed by atoms with van der Waals surface area (Å²) in [4.78, 5) is 0. The van der Waals surface area contributed by atoms with Crippen LogP contribution in [0.15, 0.2) is 28.7 Å². The number of hydrogen-bond acceptors (Lipinski definition) is 1. The maximum atomic E-state index is 13.0. The molecule has 7 heteroatoms. The van der Waals surface area contributed by atoms with E-state index in [1.807, 2.05) is 0 Å². The fourth-order valence-corrected chi connectivity index (χ4v) is 2.57. The molecule has 2 rings (SSSR count). The third kappa shape index (κ3) is 3.24. The summed E-state index contributed by atoms with van der Waals surface area (Å²) >= 11 is 8.97. The molecule has 0 radical (unpaired) electrons. The molecule has 0 atom stereocenters. The van der Waals surface area contributed by atoms with E-state index in [1.54, 1.807) is 0 Å². The molecule has 2 aromatic carbocycles. The fraction of sp³-hybridized carbons (Fsp3) is 0.0769. The zero-order valence-electron chi connectivity index (χ0n) is 9.78. The van der Waals surface area contributed by atoms with Crippen LogP contribution in [0.4, 0.5) is 23.2 Å². The smallest absolute Gasteiger partial charge is 0.194 e. The minimum absolute atomic E-state index is 0.00191. The first-order chi connectivity index (χ1) is 9.38. The van der Waals surface area contributed by atoms with Crippen molar-refractivity contribution in [2.45, 2.75) is 6.54 Å². The van der Waals surface area contributed by atoms with E-state index in [1.165, 1.54) is 6.07 Å². The number of hydrogen-bond donors (Lipinski definition) is 1. The SMILES string of the molecule is Fc1cc(Cl)c(NCc2cc(F)c(F)c(F)c2)c(Br)c1. The van der Waals surface area contributed by atoms with Gasteiger partial charge in [-0.1, -0.05) is 11.6 Å². The monoisotopic (exact) mass is 367 g/mol. The minimum atomic E-state index is -1.52. The zero-order chi connectivity index (χ0) is 14.9. The van der Waals surface area contributed by atoms with E-state index in [2.05, 4.69) is 21.2 Å². The Hall–Kier alpha value is -1.27. The molecule has 0 fully saturated rings. The maximum absolute atomic E-state index is 13.0. The van der Waals surface area contributed by atoms with Crippen molar-refractivity contribution in [3.8, 4) is 0 Å². The van der Waals surface area contributed by atoms with E-state index >= 15 is 0 Å². The van der Waals surface area contributed by atoms with Crippen LogP contribution in [0.1, 0.15) is 5.56 Å². The standard InChI is InChI=1S/C13H7BrClF4N/c14-8-3-7(16)4-9(15)13(8)20-5-6-1-10(17)12(19)11(18)2-6/h1-4,20H,5H2. The molecule has 0 aliphatic carbocycles. The molecule has 0 aliphatic rings. The van der Waals surface area contributed by atoms with Gasteiger partial charge in [-0.05, 0) is 45.8 Å². The second-order valence-electron chi connectivity index (χ2n) is 3.97. The normalized spacial score (nSPS) is 10.7. The predicted octanol–water partition coefficient (Wildman–Crippen LogP) is 5.27. The molecule has 20 heavy (non-hydrogen) atoms. The van der Waals surface area contributed by atoms with Crippen LogP contribution in [0, 0.1) is 23.3 Å². The molecule has 0 heterocycles. The molecule has 0 amide bonds. The molecule has 1 N–H and O–H groups in total. The zero-order valence-corrected chi connectivity index (χ0v) is 12.1. The molecule has 0 saturated carbocycles. The number of benzene rings is 2. The third-order valence-corrected chi connectivity index (χ3v) is 3.44. The van der Waals surface area contributed by atoms with Crippen molar-refractivity contribution in [3.05, 3.63) is 62.6 Å². The summed E-state index contributed by atoms with van der Waals surface area (Å²) in [6.07, 6.45) is 0. The highest BCUT2D eigenvalue weighted by molar-refractivity contribution is 9.10. The Kier molecular flexibility index (Phi) is 4.55. The van der Waals surface area contributed by atoms with E-state index in [-0.39, 0.29) is 17.1 Å². The lowest BCUT2D eigenvalue weighted by Gasteiger charge is -2.11. The topological polar surface area (TPSA) is 12.0 Å². The summed E-state index contributed by atoms with van der Waals surface area (Å²) < 4.78 is 52.3. The summed E-state index contributed by atoms with van der Waals surface area (Å²) in [6.45, 7) is -0.00191. The van der Waals surface area contributed by atoms with Gasteiger partial charge in [-0.25, -0.2) is 17.6 Å². The Bertz CT molecular complexity index is 617. The quantitative estimate of drug-likeness (QED) is 0.575. The Labute approximate surface area is 125 Å². The number of anilines is 1. The first kappa shape index (κ1) is 15.1. The highest BCUT2D eigenvalue weighted by Gasteiger charge is 2.12. The summed E-state index contributed by atoms with van der Waals surface area (Å²) in [5, 5.41) is 2.91. The van der Waals surface area contributed by atoms with E-state index in [0.717, 1.165) is 18.2 Å². The number of halogens is 6. The van der Waals surface area contributed by atoms with Crippen LogP contribution >= 0.6 is 27.5 Å². The first-order valence-corrected chi connectivity index (χ1v) is 6.57. The van der Waals surface area contributed by atoms with E-state index in [9.17, 15) is 17.6 Å². The van der Waals surface area contributed by atoms with Crippen molar-refractivity contribution in [3.63, 3.8) is 0 Å². The van der Waals surface area contributed by atoms with Crippen molar-refractivity contribution in [2.75, 3.05) is 5.32 Å². The van der Waals surface area contributed by atoms with Crippen LogP contribution in [0.3, 0.4) is 0 Å². The predicted molar refractivity (Wildman–Crippen MR) is 72.8 cm³/mol. The second kappa shape index (κ2) is 6.01. The van der Waals surface area contributed by atoms with Gasteiger partial charge in [0, 0.05) is 11.0 Å². The van der Waals surface area contributed by atoms with Crippen molar-refractivity contribution < 1.29 is 17.6 Å². The van der Waals surface area contributed by atoms with Gasteiger partial charge < -0.3 is 5.32 Å². The highest BCUT2D eigenvalue weighted by atomic mass is 79.9. The van der Waals surface area contributed by atoms with Gasteiger partial charge in [-0.3, -0.25) is 0 Å². The van der Waals surface area contributed by atoms with Crippen LogP contribution in [0.25, 0.3) is 0 Å². The molecule has 0 bridgehead atoms. The first-order valence-electron chi connectivity index (χ1n) is 5.40. The van der Waals surface area contributed by atoms with Crippen LogP contribution in [-0.4, -0.2) is 0 Å². The van der Waals surface area contributed by atoms with E-state index < -0.39 is 23.3 Å². The molecular formula is C13H7BrClF4N. The maximum Gasteiger partial charge on any atom is 0.194 e. The Balaban J connectivity index is 2.21. The summed E-state index contributed by atoms with van der Waals surface area (Å²) in [5.74, 6) is -4.59. The molecule has 0 saturated heterocycles. The number of nitrogens with one attached hydrogen (secondary N) is 1. The third-order valence-electron chi connectivity index (χ3n) is 2.52. The average Bonchev–Trinajstić information content (AvgIpc) is 2.34. The number of rotatable bonds is 3. The van der Waals surface area contributed by atoms with Crippen molar-refractivity contribution in [1.82, 2.24) is 0 Å². The molecule has 0 aromatic heterocycles. The van der Waals surface area contributed by atoms with Gasteiger partial charge in [-0.2, -0.15) is 0 Å². The van der Waals surface area contributed by atoms with Gasteiger partial charge >= 0.3 is 0 Å². The molecular weight excluding hydrogens is 361 g/mol. The van der Waals surface area contributed by atoms with E-state index in [4.69, 9.17) is 11.6 Å². The Morgan fingerprint density at radius 2 is 1.60 bits per heavy atom. The van der Waals surface area contributed by atoms with Gasteiger partial charge in [0.05, 0.1) is 10.7 Å². The van der Waals surface area contributed by atoms with Crippen LogP contribution in [0.2, 0.25) is 5.02 Å². The van der Waals surface area contributed by atoms with Crippen LogP contribution in [0.5, 0.6) is 0 Å². The summed E-state index contributed by atoms with van der Waals surface area (Å²) in [7, 11) is 0. The second-order valence-corrected chi connectivity index (χ2v) is 5.23. The summed E-state index contributed by atoms with van der Waals surface area (Å²) in [5.41, 5.74) is 0.562.